The van der Waals surface area contributed by atoms with E-state index < -0.39 is 36.8 Å². The van der Waals surface area contributed by atoms with Crippen molar-refractivity contribution in [2.75, 3.05) is 6.54 Å². The Balaban J connectivity index is 1.46. The molecule has 0 radical (unpaired) electrons. The van der Waals surface area contributed by atoms with Crippen LogP contribution in [0.5, 0.6) is 0 Å². The number of nitrogens with two attached hydrogens (primary N) is 1. The Kier molecular flexibility index (Phi) is 5.07. The number of nitrogens with zero attached hydrogens (tertiary/aromatic N) is 4. The van der Waals surface area contributed by atoms with Gasteiger partial charge in [0.1, 0.15) is 6.04 Å². The van der Waals surface area contributed by atoms with Crippen molar-refractivity contribution in [3.63, 3.8) is 0 Å². The first kappa shape index (κ1) is 20.8. The average molecular weight is 432 g/mol. The number of amides is 2. The van der Waals surface area contributed by atoms with Gasteiger partial charge in [-0.05, 0) is 30.4 Å². The summed E-state index contributed by atoms with van der Waals surface area (Å²) in [4.78, 5) is 17.3. The molecule has 164 valence electrons. The monoisotopic (exact) mass is 432 g/mol. The van der Waals surface area contributed by atoms with Crippen molar-refractivity contribution in [2.45, 2.75) is 56.4 Å². The highest BCUT2D eigenvalue weighted by Gasteiger charge is 2.46. The van der Waals surface area contributed by atoms with Gasteiger partial charge in [0.05, 0.1) is 30.7 Å². The first-order valence-electron chi connectivity index (χ1n) is 9.62. The lowest BCUT2D eigenvalue weighted by atomic mass is 9.81. The number of imidazole rings is 1. The number of hydrogen-bond donors (Lipinski definition) is 2. The second kappa shape index (κ2) is 7.33. The van der Waals surface area contributed by atoms with Gasteiger partial charge in [0.25, 0.3) is 0 Å². The molecule has 2 aromatic heterocycles. The zero-order valence-corrected chi connectivity index (χ0v) is 15.9. The number of fused-ring (bicyclic) bond motifs is 1. The van der Waals surface area contributed by atoms with Crippen molar-refractivity contribution >= 4 is 11.7 Å². The number of carbonyl (C=O) groups is 1. The third-order valence-corrected chi connectivity index (χ3v) is 5.76. The summed E-state index contributed by atoms with van der Waals surface area (Å²) in [6.45, 7) is -0.530. The van der Waals surface area contributed by atoms with E-state index in [1.807, 2.05) is 5.32 Å². The minimum absolute atomic E-state index is 0.0478. The highest BCUT2D eigenvalue weighted by molar-refractivity contribution is 5.77. The molecule has 2 amide bonds. The maximum absolute atomic E-state index is 13.4. The Morgan fingerprint density at radius 1 is 1.30 bits per heavy atom. The van der Waals surface area contributed by atoms with Gasteiger partial charge < -0.3 is 16.0 Å². The van der Waals surface area contributed by atoms with E-state index in [9.17, 15) is 26.7 Å². The normalized spacial score (nSPS) is 23.7. The standard InChI is InChI=1S/C18H21F5N6O/c19-17(20)3-1-11(2-4-17)15(24)12-8-29-14(26-12)5-10(6-25-29)7-28-9-13(18(21,22)23)27-16(28)30/h5-6,8,11,13,15H,1-4,7,9,24H2,(H,27,30)/t13-,15?/m0/s1. The van der Waals surface area contributed by atoms with E-state index >= 15 is 0 Å². The van der Waals surface area contributed by atoms with E-state index in [0.29, 0.717) is 29.7 Å². The van der Waals surface area contributed by atoms with Gasteiger partial charge in [-0.3, -0.25) is 0 Å². The summed E-state index contributed by atoms with van der Waals surface area (Å²) < 4.78 is 66.6. The van der Waals surface area contributed by atoms with Gasteiger partial charge in [0.15, 0.2) is 5.65 Å². The highest BCUT2D eigenvalue weighted by atomic mass is 19.4. The fourth-order valence-corrected chi connectivity index (χ4v) is 3.98. The smallest absolute Gasteiger partial charge is 0.324 e. The highest BCUT2D eigenvalue weighted by Crippen LogP contribution is 2.40. The lowest BCUT2D eigenvalue weighted by Crippen LogP contribution is -2.40. The number of rotatable bonds is 4. The number of carbonyl (C=O) groups excluding carboxylic acids is 1. The molecule has 0 spiro atoms. The van der Waals surface area contributed by atoms with E-state index in [2.05, 4.69) is 10.1 Å². The zero-order valence-electron chi connectivity index (χ0n) is 15.9. The average Bonchev–Trinajstić information content (AvgIpc) is 3.24. The molecule has 2 fully saturated rings. The number of nitrogens with one attached hydrogen (secondary N) is 1. The zero-order chi connectivity index (χ0) is 21.7. The van der Waals surface area contributed by atoms with Crippen molar-refractivity contribution in [1.29, 1.82) is 0 Å². The van der Waals surface area contributed by atoms with Crippen molar-refractivity contribution in [3.8, 4) is 0 Å². The summed E-state index contributed by atoms with van der Waals surface area (Å²) >= 11 is 0. The molecule has 1 aliphatic carbocycles. The molecule has 0 aromatic carbocycles. The molecule has 2 aromatic rings. The first-order valence-corrected chi connectivity index (χ1v) is 9.62. The lowest BCUT2D eigenvalue weighted by molar-refractivity contribution is -0.149. The van der Waals surface area contributed by atoms with Crippen molar-refractivity contribution in [3.05, 3.63) is 29.7 Å². The third kappa shape index (κ3) is 4.18. The van der Waals surface area contributed by atoms with Crippen LogP contribution in [-0.4, -0.2) is 50.2 Å². The van der Waals surface area contributed by atoms with Crippen molar-refractivity contribution in [2.24, 2.45) is 11.7 Å². The topological polar surface area (TPSA) is 88.5 Å². The Morgan fingerprint density at radius 3 is 2.63 bits per heavy atom. The second-order valence-corrected chi connectivity index (χ2v) is 7.98. The quantitative estimate of drug-likeness (QED) is 0.727. The van der Waals surface area contributed by atoms with Crippen LogP contribution in [0.1, 0.15) is 43.0 Å². The number of halogens is 5. The molecule has 2 aliphatic rings. The molecule has 7 nitrogen and oxygen atoms in total. The van der Waals surface area contributed by atoms with Gasteiger partial charge in [-0.15, -0.1) is 0 Å². The molecule has 1 unspecified atom stereocenters. The molecule has 3 N–H and O–H groups in total. The van der Waals surface area contributed by atoms with Crippen molar-refractivity contribution < 1.29 is 26.7 Å². The van der Waals surface area contributed by atoms with Crippen LogP contribution in [0.2, 0.25) is 0 Å². The minimum atomic E-state index is -4.51. The van der Waals surface area contributed by atoms with Crippen LogP contribution in [0.25, 0.3) is 5.65 Å². The summed E-state index contributed by atoms with van der Waals surface area (Å²) in [7, 11) is 0. The SMILES string of the molecule is NC(c1cn2ncc(CN3C[C@@H](C(F)(F)F)NC3=O)cc2n1)C1CCC(F)(F)CC1. The predicted octanol–water partition coefficient (Wildman–Crippen LogP) is 3.01. The summed E-state index contributed by atoms with van der Waals surface area (Å²) in [5.41, 5.74) is 7.71. The van der Waals surface area contributed by atoms with Crippen LogP contribution in [0.15, 0.2) is 18.5 Å². The molecule has 0 bridgehead atoms. The fourth-order valence-electron chi connectivity index (χ4n) is 3.98. The molecule has 3 heterocycles. The molecule has 1 saturated heterocycles. The Hall–Kier alpha value is -2.50. The van der Waals surface area contributed by atoms with Gasteiger partial charge in [-0.25, -0.2) is 23.1 Å². The van der Waals surface area contributed by atoms with Crippen LogP contribution >= 0.6 is 0 Å². The molecule has 1 aliphatic heterocycles. The Labute approximate surface area is 168 Å². The number of aromatic nitrogens is 3. The fraction of sp³-hybridized carbons (Fsp3) is 0.611. The van der Waals surface area contributed by atoms with Gasteiger partial charge in [0, 0.05) is 19.4 Å². The minimum Gasteiger partial charge on any atom is -0.324 e. The van der Waals surface area contributed by atoms with Crippen LogP contribution in [0.3, 0.4) is 0 Å². The van der Waals surface area contributed by atoms with Crippen molar-refractivity contribution in [1.82, 2.24) is 24.8 Å². The van der Waals surface area contributed by atoms with Crippen LogP contribution in [0, 0.1) is 5.92 Å². The number of urea groups is 1. The van der Waals surface area contributed by atoms with E-state index in [-0.39, 0.29) is 25.3 Å². The maximum atomic E-state index is 13.4. The molecule has 1 saturated carbocycles. The summed E-state index contributed by atoms with van der Waals surface area (Å²) in [5.74, 6) is -2.75. The molecule has 4 rings (SSSR count). The predicted molar refractivity (Wildman–Crippen MR) is 95.6 cm³/mol. The van der Waals surface area contributed by atoms with E-state index in [1.165, 1.54) is 10.7 Å². The molecular formula is C18H21F5N6O. The Bertz CT molecular complexity index is 935. The Morgan fingerprint density at radius 2 is 2.00 bits per heavy atom. The van der Waals surface area contributed by atoms with E-state index in [0.717, 1.165) is 4.90 Å². The van der Waals surface area contributed by atoms with Crippen LogP contribution in [-0.2, 0) is 6.54 Å². The van der Waals surface area contributed by atoms with Gasteiger partial charge in [-0.2, -0.15) is 18.3 Å². The maximum Gasteiger partial charge on any atom is 0.410 e. The van der Waals surface area contributed by atoms with Crippen LogP contribution in [0.4, 0.5) is 26.7 Å². The number of alkyl halides is 5. The number of hydrogen-bond acceptors (Lipinski definition) is 4. The third-order valence-electron chi connectivity index (χ3n) is 5.76. The summed E-state index contributed by atoms with van der Waals surface area (Å²) in [6.07, 6.45) is -1.21. The van der Waals surface area contributed by atoms with E-state index in [4.69, 9.17) is 5.73 Å². The summed E-state index contributed by atoms with van der Waals surface area (Å²) in [5, 5.41) is 6.10. The van der Waals surface area contributed by atoms with Crippen LogP contribution < -0.4 is 11.1 Å². The van der Waals surface area contributed by atoms with Gasteiger partial charge in [-0.1, -0.05) is 0 Å². The molecule has 30 heavy (non-hydrogen) atoms. The molecule has 2 atom stereocenters. The first-order chi connectivity index (χ1) is 14.0. The van der Waals surface area contributed by atoms with Gasteiger partial charge in [0.2, 0.25) is 5.92 Å². The largest absolute Gasteiger partial charge is 0.410 e. The molecular weight excluding hydrogens is 411 g/mol. The van der Waals surface area contributed by atoms with E-state index in [1.54, 1.807) is 12.3 Å². The lowest BCUT2D eigenvalue weighted by Gasteiger charge is -2.31. The van der Waals surface area contributed by atoms with Gasteiger partial charge >= 0.3 is 12.2 Å². The summed E-state index contributed by atoms with van der Waals surface area (Å²) in [6, 6.07) is -1.59. The molecule has 12 heteroatoms. The second-order valence-electron chi connectivity index (χ2n) is 7.98.